The number of carbonyl (C=O) groups excluding carboxylic acids is 2. The lowest BCUT2D eigenvalue weighted by molar-refractivity contribution is 0.0789. The van der Waals surface area contributed by atoms with Gasteiger partial charge in [-0.2, -0.15) is 10.1 Å². The summed E-state index contributed by atoms with van der Waals surface area (Å²) in [6.45, 7) is 1.02. The van der Waals surface area contributed by atoms with Crippen LogP contribution in [0.1, 0.15) is 35.2 Å². The highest BCUT2D eigenvalue weighted by atomic mass is 35.5. The van der Waals surface area contributed by atoms with Crippen LogP contribution in [0.3, 0.4) is 0 Å². The zero-order valence-corrected chi connectivity index (χ0v) is 21.7. The van der Waals surface area contributed by atoms with Gasteiger partial charge in [-0.05, 0) is 49.4 Å². The summed E-state index contributed by atoms with van der Waals surface area (Å²) >= 11 is 6.36. The molecule has 0 aliphatic carbocycles. The van der Waals surface area contributed by atoms with Gasteiger partial charge in [-0.25, -0.2) is 9.78 Å². The number of hydrogen-bond donors (Lipinski definition) is 5. The molecule has 5 heterocycles. The molecule has 1 unspecified atom stereocenters. The number of amides is 3. The minimum absolute atomic E-state index is 0.0989. The fraction of sp³-hybridized carbons (Fsp3) is 0.308. The molecule has 5 N–H and O–H groups in total. The van der Waals surface area contributed by atoms with Crippen molar-refractivity contribution in [2.45, 2.75) is 31.7 Å². The number of aromatic nitrogens is 4. The second kappa shape index (κ2) is 10.7. The predicted molar refractivity (Wildman–Crippen MR) is 148 cm³/mol. The Hall–Kier alpha value is -4.45. The number of fused-ring (bicyclic) bond motifs is 6. The first-order valence-electron chi connectivity index (χ1n) is 12.8. The molecule has 0 saturated carbocycles. The van der Waals surface area contributed by atoms with Crippen LogP contribution >= 0.6 is 11.6 Å². The summed E-state index contributed by atoms with van der Waals surface area (Å²) in [4.78, 5) is 40.5. The number of anilines is 4. The fourth-order valence-corrected chi connectivity index (χ4v) is 5.13. The standard InChI is InChI=1S/C26H27ClN10O2/c27-21-13-29-25-33-20-7-15(9-28-12-20)1-2-16-8-18(32-23(21)36-25)3-4-22(16)35-26(39)34-19-5-6-37(14-19)24(38)17-10-30-31-11-17/h3-4,8-13,15,19H,1-2,5-7,14H2,(H,30,31)(H2,34,35,39)(H2,29,32,33,36)/t15?,19-/m0/s1. The zero-order chi connectivity index (χ0) is 26.8. The average molecular weight is 547 g/mol. The Labute approximate surface area is 229 Å². The lowest BCUT2D eigenvalue weighted by atomic mass is 9.94. The minimum atomic E-state index is -0.311. The molecule has 1 aromatic carbocycles. The number of rotatable bonds is 3. The Kier molecular flexibility index (Phi) is 6.84. The lowest BCUT2D eigenvalue weighted by Crippen LogP contribution is -2.40. The summed E-state index contributed by atoms with van der Waals surface area (Å²) in [5, 5.41) is 19.4. The van der Waals surface area contributed by atoms with Crippen LogP contribution in [-0.2, 0) is 6.42 Å². The van der Waals surface area contributed by atoms with E-state index in [0.29, 0.717) is 47.6 Å². The first-order valence-corrected chi connectivity index (χ1v) is 13.2. The van der Waals surface area contributed by atoms with Crippen LogP contribution in [0.5, 0.6) is 0 Å². The van der Waals surface area contributed by atoms with Crippen molar-refractivity contribution in [2.75, 3.05) is 29.0 Å². The van der Waals surface area contributed by atoms with Crippen molar-refractivity contribution < 1.29 is 9.59 Å². The molecule has 0 spiro atoms. The number of H-pyrrole nitrogens is 1. The molecule has 39 heavy (non-hydrogen) atoms. The van der Waals surface area contributed by atoms with Crippen molar-refractivity contribution in [3.05, 3.63) is 64.8 Å². The topological polar surface area (TPSA) is 152 Å². The molecule has 1 fully saturated rings. The van der Waals surface area contributed by atoms with Gasteiger partial charge in [0.05, 0.1) is 18.0 Å². The Bertz CT molecular complexity index is 1450. The number of aromatic amines is 1. The Morgan fingerprint density at radius 3 is 2.95 bits per heavy atom. The molecule has 0 radical (unpaired) electrons. The second-order valence-electron chi connectivity index (χ2n) is 9.79. The van der Waals surface area contributed by atoms with Crippen LogP contribution in [0, 0.1) is 5.92 Å². The summed E-state index contributed by atoms with van der Waals surface area (Å²) in [6.07, 6.45) is 11.4. The van der Waals surface area contributed by atoms with E-state index in [0.717, 1.165) is 36.2 Å². The highest BCUT2D eigenvalue weighted by molar-refractivity contribution is 6.32. The number of urea groups is 1. The molecule has 200 valence electrons. The summed E-state index contributed by atoms with van der Waals surface area (Å²) in [6, 6.07) is 5.28. The van der Waals surface area contributed by atoms with E-state index in [4.69, 9.17) is 11.6 Å². The number of aliphatic imine (C=N–C) groups is 1. The molecule has 3 aromatic rings. The van der Waals surface area contributed by atoms with Crippen molar-refractivity contribution in [3.8, 4) is 0 Å². The van der Waals surface area contributed by atoms with Crippen LogP contribution in [0.25, 0.3) is 0 Å². The number of allylic oxidation sites excluding steroid dienone is 1. The number of nitrogens with one attached hydrogen (secondary N) is 5. The third-order valence-electron chi connectivity index (χ3n) is 6.98. The molecule has 6 rings (SSSR count). The number of halogens is 1. The van der Waals surface area contributed by atoms with E-state index in [2.05, 4.69) is 46.4 Å². The van der Waals surface area contributed by atoms with E-state index in [1.165, 1.54) is 6.20 Å². The molecule has 2 atom stereocenters. The smallest absolute Gasteiger partial charge is 0.319 e. The molecule has 2 aromatic heterocycles. The zero-order valence-electron chi connectivity index (χ0n) is 20.9. The average Bonchev–Trinajstić information content (AvgIpc) is 3.63. The highest BCUT2D eigenvalue weighted by Crippen LogP contribution is 2.30. The van der Waals surface area contributed by atoms with Crippen LogP contribution < -0.4 is 21.3 Å². The molecule has 12 nitrogen and oxygen atoms in total. The van der Waals surface area contributed by atoms with Crippen molar-refractivity contribution in [1.29, 1.82) is 0 Å². The Morgan fingerprint density at radius 1 is 1.15 bits per heavy atom. The molecule has 6 bridgehead atoms. The highest BCUT2D eigenvalue weighted by Gasteiger charge is 2.28. The van der Waals surface area contributed by atoms with Crippen LogP contribution in [0.4, 0.5) is 27.9 Å². The number of benzene rings is 1. The normalized spacial score (nSPS) is 19.9. The minimum Gasteiger partial charge on any atom is -0.339 e. The van der Waals surface area contributed by atoms with Gasteiger partial charge in [0.2, 0.25) is 5.95 Å². The van der Waals surface area contributed by atoms with Crippen molar-refractivity contribution in [3.63, 3.8) is 0 Å². The number of carbonyl (C=O) groups is 2. The number of aryl methyl sites for hydroxylation is 1. The summed E-state index contributed by atoms with van der Waals surface area (Å²) in [5.41, 5.74) is 3.92. The van der Waals surface area contributed by atoms with E-state index in [9.17, 15) is 9.59 Å². The van der Waals surface area contributed by atoms with E-state index in [1.54, 1.807) is 23.5 Å². The number of hydrogen-bond acceptors (Lipinski definition) is 8. The monoisotopic (exact) mass is 546 g/mol. The number of nitrogens with zero attached hydrogens (tertiary/aromatic N) is 5. The van der Waals surface area contributed by atoms with E-state index >= 15 is 0 Å². The maximum Gasteiger partial charge on any atom is 0.319 e. The summed E-state index contributed by atoms with van der Waals surface area (Å²) in [7, 11) is 0. The van der Waals surface area contributed by atoms with E-state index in [1.807, 2.05) is 24.4 Å². The fourth-order valence-electron chi connectivity index (χ4n) is 5.00. The second-order valence-corrected chi connectivity index (χ2v) is 10.2. The first-order chi connectivity index (χ1) is 19.0. The third-order valence-corrected chi connectivity index (χ3v) is 7.26. The molecular formula is C26H27ClN10O2. The molecule has 1 saturated heterocycles. The SMILES string of the molecule is O=C(Nc1ccc2cc1CCC1C=NC=C(C1)Nc1ncc(Cl)c(n1)N2)N[C@H]1CCN(C(=O)c2cn[nH]c2)C1. The summed E-state index contributed by atoms with van der Waals surface area (Å²) < 4.78 is 0. The van der Waals surface area contributed by atoms with Gasteiger partial charge >= 0.3 is 6.03 Å². The predicted octanol–water partition coefficient (Wildman–Crippen LogP) is 3.92. The van der Waals surface area contributed by atoms with Crippen molar-refractivity contribution in [2.24, 2.45) is 10.9 Å². The van der Waals surface area contributed by atoms with Gasteiger partial charge in [0.25, 0.3) is 5.91 Å². The van der Waals surface area contributed by atoms with Crippen LogP contribution in [0.2, 0.25) is 5.02 Å². The van der Waals surface area contributed by atoms with Crippen molar-refractivity contribution >= 4 is 52.9 Å². The van der Waals surface area contributed by atoms with Crippen LogP contribution in [0.15, 0.2) is 53.7 Å². The Morgan fingerprint density at radius 2 is 2.08 bits per heavy atom. The maximum atomic E-state index is 13.0. The van der Waals surface area contributed by atoms with Gasteiger partial charge in [-0.3, -0.25) is 14.9 Å². The van der Waals surface area contributed by atoms with Crippen LogP contribution in [-0.4, -0.2) is 62.3 Å². The van der Waals surface area contributed by atoms with Gasteiger partial charge in [0.15, 0.2) is 5.82 Å². The molecule has 3 amide bonds. The maximum absolute atomic E-state index is 13.0. The van der Waals surface area contributed by atoms with Gasteiger partial charge in [-0.1, -0.05) is 11.6 Å². The van der Waals surface area contributed by atoms with E-state index < -0.39 is 0 Å². The largest absolute Gasteiger partial charge is 0.339 e. The third kappa shape index (κ3) is 5.70. The molecule has 3 aliphatic rings. The molecular weight excluding hydrogens is 520 g/mol. The van der Waals surface area contributed by atoms with Gasteiger partial charge in [0, 0.05) is 60.7 Å². The summed E-state index contributed by atoms with van der Waals surface area (Å²) in [5.74, 6) is 1.04. The molecule has 13 heteroatoms. The lowest BCUT2D eigenvalue weighted by Gasteiger charge is -2.20. The van der Waals surface area contributed by atoms with Crippen molar-refractivity contribution in [1.82, 2.24) is 30.4 Å². The quantitative estimate of drug-likeness (QED) is 0.334. The van der Waals surface area contributed by atoms with Gasteiger partial charge < -0.3 is 26.2 Å². The Balaban J connectivity index is 1.17. The van der Waals surface area contributed by atoms with Gasteiger partial charge in [-0.15, -0.1) is 0 Å². The van der Waals surface area contributed by atoms with E-state index in [-0.39, 0.29) is 23.9 Å². The molecule has 3 aliphatic heterocycles. The first kappa shape index (κ1) is 24.9. The van der Waals surface area contributed by atoms with Gasteiger partial charge in [0.1, 0.15) is 5.02 Å². The number of likely N-dealkylation sites (tertiary alicyclic amines) is 1.